The molecule has 0 aliphatic heterocycles. The molecule has 0 saturated carbocycles. The van der Waals surface area contributed by atoms with Gasteiger partial charge in [-0.1, -0.05) is 19.1 Å². The highest BCUT2D eigenvalue weighted by Crippen LogP contribution is 2.12. The molecule has 0 heterocycles. The Kier molecular flexibility index (Phi) is 4.29. The van der Waals surface area contributed by atoms with Crippen molar-refractivity contribution in [2.45, 2.75) is 18.2 Å². The van der Waals surface area contributed by atoms with E-state index in [4.69, 9.17) is 0 Å². The van der Waals surface area contributed by atoms with Gasteiger partial charge in [0.2, 0.25) is 0 Å². The molecule has 1 aromatic carbocycles. The molecule has 0 aliphatic rings. The van der Waals surface area contributed by atoms with Gasteiger partial charge in [-0.25, -0.2) is 8.42 Å². The maximum absolute atomic E-state index is 11.5. The molecule has 0 aliphatic carbocycles. The minimum atomic E-state index is -3.05. The fourth-order valence-electron chi connectivity index (χ4n) is 1.30. The minimum absolute atomic E-state index is 0.156. The van der Waals surface area contributed by atoms with E-state index in [-0.39, 0.29) is 5.75 Å². The van der Waals surface area contributed by atoms with Crippen LogP contribution in [0.25, 0.3) is 0 Å². The van der Waals surface area contributed by atoms with Gasteiger partial charge < -0.3 is 5.32 Å². The zero-order chi connectivity index (χ0) is 11.3. The van der Waals surface area contributed by atoms with E-state index >= 15 is 0 Å². The van der Waals surface area contributed by atoms with Crippen molar-refractivity contribution in [1.29, 1.82) is 0 Å². The molecule has 1 N–H and O–H groups in total. The van der Waals surface area contributed by atoms with Crippen molar-refractivity contribution in [3.63, 3.8) is 0 Å². The third kappa shape index (κ3) is 3.32. The smallest absolute Gasteiger partial charge is 0.178 e. The van der Waals surface area contributed by atoms with E-state index in [1.54, 1.807) is 19.1 Å². The van der Waals surface area contributed by atoms with Crippen LogP contribution in [-0.2, 0) is 16.3 Å². The predicted molar refractivity (Wildman–Crippen MR) is 61.8 cm³/mol. The van der Waals surface area contributed by atoms with Gasteiger partial charge >= 0.3 is 0 Å². The van der Waals surface area contributed by atoms with Gasteiger partial charge in [0.15, 0.2) is 9.84 Å². The quantitative estimate of drug-likeness (QED) is 0.823. The molecule has 0 radical (unpaired) electrons. The molecule has 0 saturated heterocycles. The second-order valence-corrected chi connectivity index (χ2v) is 5.68. The third-order valence-corrected chi connectivity index (χ3v) is 4.08. The number of rotatable bonds is 5. The summed E-state index contributed by atoms with van der Waals surface area (Å²) >= 11 is 0. The highest BCUT2D eigenvalue weighted by Gasteiger charge is 2.10. The number of likely N-dealkylation sites (N-methyl/N-ethyl adjacent to an activating group) is 1. The van der Waals surface area contributed by atoms with Gasteiger partial charge in [0.1, 0.15) is 0 Å². The van der Waals surface area contributed by atoms with E-state index in [9.17, 15) is 8.42 Å². The van der Waals surface area contributed by atoms with Crippen LogP contribution in [0, 0.1) is 0 Å². The maximum Gasteiger partial charge on any atom is 0.178 e. The summed E-state index contributed by atoms with van der Waals surface area (Å²) in [7, 11) is -1.15. The van der Waals surface area contributed by atoms with Gasteiger partial charge in [-0.2, -0.15) is 0 Å². The lowest BCUT2D eigenvalue weighted by atomic mass is 10.1. The summed E-state index contributed by atoms with van der Waals surface area (Å²) < 4.78 is 23.0. The Morgan fingerprint density at radius 1 is 1.20 bits per heavy atom. The van der Waals surface area contributed by atoms with E-state index < -0.39 is 9.84 Å². The van der Waals surface area contributed by atoms with Gasteiger partial charge in [-0.3, -0.25) is 0 Å². The predicted octanol–water partition coefficient (Wildman–Crippen LogP) is 1.24. The second kappa shape index (κ2) is 5.28. The van der Waals surface area contributed by atoms with Crippen LogP contribution >= 0.6 is 0 Å². The number of hydrogen-bond donors (Lipinski definition) is 1. The van der Waals surface area contributed by atoms with E-state index in [0.717, 1.165) is 18.5 Å². The first-order chi connectivity index (χ1) is 7.10. The highest BCUT2D eigenvalue weighted by molar-refractivity contribution is 7.91. The summed E-state index contributed by atoms with van der Waals surface area (Å²) in [6, 6.07) is 7.12. The topological polar surface area (TPSA) is 46.2 Å². The summed E-state index contributed by atoms with van der Waals surface area (Å²) in [4.78, 5) is 0.415. The lowest BCUT2D eigenvalue weighted by molar-refractivity contribution is 0.597. The number of nitrogens with one attached hydrogen (secondary N) is 1. The van der Waals surface area contributed by atoms with Crippen LogP contribution in [0.3, 0.4) is 0 Å². The molecule has 15 heavy (non-hydrogen) atoms. The third-order valence-electron chi connectivity index (χ3n) is 2.33. The summed E-state index contributed by atoms with van der Waals surface area (Å²) in [5.41, 5.74) is 1.15. The van der Waals surface area contributed by atoms with Crippen molar-refractivity contribution in [2.75, 3.05) is 19.3 Å². The molecular weight excluding hydrogens is 210 g/mol. The fourth-order valence-corrected chi connectivity index (χ4v) is 2.18. The minimum Gasteiger partial charge on any atom is -0.319 e. The van der Waals surface area contributed by atoms with Crippen LogP contribution in [-0.4, -0.2) is 27.8 Å². The molecule has 0 fully saturated rings. The van der Waals surface area contributed by atoms with Crippen molar-refractivity contribution in [3.8, 4) is 0 Å². The Balaban J connectivity index is 2.81. The van der Waals surface area contributed by atoms with Crippen molar-refractivity contribution < 1.29 is 8.42 Å². The SMILES string of the molecule is CCS(=O)(=O)c1ccc(CCNC)cc1. The average Bonchev–Trinajstić information content (AvgIpc) is 2.27. The molecule has 84 valence electrons. The van der Waals surface area contributed by atoms with Crippen LogP contribution in [0.2, 0.25) is 0 Å². The lowest BCUT2D eigenvalue weighted by Gasteiger charge is -2.03. The molecule has 0 amide bonds. The van der Waals surface area contributed by atoms with Crippen molar-refractivity contribution >= 4 is 9.84 Å². The highest BCUT2D eigenvalue weighted by atomic mass is 32.2. The second-order valence-electron chi connectivity index (χ2n) is 3.40. The number of sulfone groups is 1. The average molecular weight is 227 g/mol. The van der Waals surface area contributed by atoms with Crippen LogP contribution < -0.4 is 5.32 Å². The first-order valence-corrected chi connectivity index (χ1v) is 6.71. The molecule has 1 aromatic rings. The normalized spacial score (nSPS) is 11.6. The lowest BCUT2D eigenvalue weighted by Crippen LogP contribution is -2.10. The number of hydrogen-bond acceptors (Lipinski definition) is 3. The van der Waals surface area contributed by atoms with Crippen molar-refractivity contribution in [1.82, 2.24) is 5.32 Å². The monoisotopic (exact) mass is 227 g/mol. The van der Waals surface area contributed by atoms with E-state index in [0.29, 0.717) is 4.90 Å². The van der Waals surface area contributed by atoms with Crippen LogP contribution in [0.1, 0.15) is 12.5 Å². The summed E-state index contributed by atoms with van der Waals surface area (Å²) in [5.74, 6) is 0.156. The molecule has 0 bridgehead atoms. The van der Waals surface area contributed by atoms with E-state index in [2.05, 4.69) is 5.32 Å². The fraction of sp³-hybridized carbons (Fsp3) is 0.455. The Morgan fingerprint density at radius 2 is 1.80 bits per heavy atom. The van der Waals surface area contributed by atoms with Gasteiger partial charge in [0.25, 0.3) is 0 Å². The van der Waals surface area contributed by atoms with Gasteiger partial charge in [0.05, 0.1) is 10.6 Å². The zero-order valence-corrected chi connectivity index (χ0v) is 9.97. The van der Waals surface area contributed by atoms with E-state index in [1.807, 2.05) is 19.2 Å². The van der Waals surface area contributed by atoms with Gasteiger partial charge in [-0.05, 0) is 37.7 Å². The molecular formula is C11H17NO2S. The first-order valence-electron chi connectivity index (χ1n) is 5.06. The molecule has 1 rings (SSSR count). The Bertz CT molecular complexity index is 395. The van der Waals surface area contributed by atoms with Crippen molar-refractivity contribution in [3.05, 3.63) is 29.8 Å². The van der Waals surface area contributed by atoms with Gasteiger partial charge in [-0.15, -0.1) is 0 Å². The van der Waals surface area contributed by atoms with Gasteiger partial charge in [0, 0.05) is 0 Å². The number of benzene rings is 1. The summed E-state index contributed by atoms with van der Waals surface area (Å²) in [5, 5.41) is 3.05. The molecule has 3 nitrogen and oxygen atoms in total. The maximum atomic E-state index is 11.5. The largest absolute Gasteiger partial charge is 0.319 e. The Hall–Kier alpha value is -0.870. The Labute approximate surface area is 91.4 Å². The molecule has 0 atom stereocenters. The van der Waals surface area contributed by atoms with Crippen LogP contribution in [0.15, 0.2) is 29.2 Å². The molecule has 0 unspecified atom stereocenters. The standard InChI is InChI=1S/C11H17NO2S/c1-3-15(13,14)11-6-4-10(5-7-11)8-9-12-2/h4-7,12H,3,8-9H2,1-2H3. The Morgan fingerprint density at radius 3 is 2.27 bits per heavy atom. The summed E-state index contributed by atoms with van der Waals surface area (Å²) in [6.07, 6.45) is 0.920. The molecule has 0 spiro atoms. The zero-order valence-electron chi connectivity index (χ0n) is 9.16. The van der Waals surface area contributed by atoms with Crippen LogP contribution in [0.5, 0.6) is 0 Å². The molecule has 4 heteroatoms. The summed E-state index contributed by atoms with van der Waals surface area (Å²) in [6.45, 7) is 2.56. The van der Waals surface area contributed by atoms with Crippen molar-refractivity contribution in [2.24, 2.45) is 0 Å². The van der Waals surface area contributed by atoms with E-state index in [1.165, 1.54) is 0 Å². The van der Waals surface area contributed by atoms with Crippen LogP contribution in [0.4, 0.5) is 0 Å². The molecule has 0 aromatic heterocycles. The first kappa shape index (κ1) is 12.2.